The highest BCUT2D eigenvalue weighted by atomic mass is 16.1. The molecule has 5 rings (SSSR count). The van der Waals surface area contributed by atoms with Gasteiger partial charge in [0, 0.05) is 51.5 Å². The van der Waals surface area contributed by atoms with E-state index in [1.54, 1.807) is 0 Å². The summed E-state index contributed by atoms with van der Waals surface area (Å²) in [5.74, 6) is 0.287. The minimum atomic E-state index is 0.0629. The number of rotatable bonds is 3. The van der Waals surface area contributed by atoms with E-state index in [0.29, 0.717) is 12.0 Å². The van der Waals surface area contributed by atoms with Crippen molar-refractivity contribution in [3.8, 4) is 0 Å². The first-order valence-corrected chi connectivity index (χ1v) is 10.6. The minimum Gasteiger partial charge on any atom is -0.341 e. The number of hydrogen-bond donors (Lipinski definition) is 0. The minimum absolute atomic E-state index is 0.0629. The first kappa shape index (κ1) is 18.8. The maximum atomic E-state index is 13.5. The molecule has 0 amide bonds. The molecule has 1 aliphatic carbocycles. The Balaban J connectivity index is 1.78. The molecule has 3 heteroatoms. The lowest BCUT2D eigenvalue weighted by Gasteiger charge is -2.11. The SMILES string of the molecule is CCn1c2ccc(C(=O)c3c(C)cc(C)cc3C)cc2c2c3c(ccc21)C(=O)CC3. The van der Waals surface area contributed by atoms with E-state index in [9.17, 15) is 9.59 Å². The number of nitrogens with zero attached hydrogens (tertiary/aromatic N) is 1. The molecule has 0 saturated heterocycles. The summed E-state index contributed by atoms with van der Waals surface area (Å²) in [6.45, 7) is 9.05. The average Bonchev–Trinajstić information content (AvgIpc) is 3.24. The molecule has 0 atom stereocenters. The topological polar surface area (TPSA) is 39.1 Å². The number of aromatic nitrogens is 1. The molecule has 1 aliphatic rings. The molecule has 0 bridgehead atoms. The molecule has 3 nitrogen and oxygen atoms in total. The number of hydrogen-bond acceptors (Lipinski definition) is 2. The molecule has 0 radical (unpaired) electrons. The molecule has 3 aromatic carbocycles. The molecular formula is C27H25NO2. The van der Waals surface area contributed by atoms with Crippen molar-refractivity contribution in [3.63, 3.8) is 0 Å². The van der Waals surface area contributed by atoms with Gasteiger partial charge in [-0.15, -0.1) is 0 Å². The Kier molecular flexibility index (Phi) is 4.18. The zero-order chi connectivity index (χ0) is 21.2. The van der Waals surface area contributed by atoms with Gasteiger partial charge in [-0.3, -0.25) is 9.59 Å². The Morgan fingerprint density at radius 3 is 2.33 bits per heavy atom. The Morgan fingerprint density at radius 2 is 1.63 bits per heavy atom. The van der Waals surface area contributed by atoms with Gasteiger partial charge in [0.25, 0.3) is 0 Å². The fourth-order valence-electron chi connectivity index (χ4n) is 5.32. The summed E-state index contributed by atoms with van der Waals surface area (Å²) < 4.78 is 2.28. The van der Waals surface area contributed by atoms with Crippen molar-refractivity contribution >= 4 is 33.4 Å². The second-order valence-electron chi connectivity index (χ2n) is 8.49. The number of Topliss-reactive ketones (excluding diaryl/α,β-unsaturated/α-hetero) is 1. The van der Waals surface area contributed by atoms with Gasteiger partial charge < -0.3 is 4.57 Å². The third-order valence-electron chi connectivity index (χ3n) is 6.52. The molecule has 150 valence electrons. The molecule has 0 fully saturated rings. The fraction of sp³-hybridized carbons (Fsp3) is 0.259. The predicted molar refractivity (Wildman–Crippen MR) is 122 cm³/mol. The quantitative estimate of drug-likeness (QED) is 0.393. The van der Waals surface area contributed by atoms with Crippen molar-refractivity contribution in [2.24, 2.45) is 0 Å². The smallest absolute Gasteiger partial charge is 0.193 e. The summed E-state index contributed by atoms with van der Waals surface area (Å²) in [7, 11) is 0. The monoisotopic (exact) mass is 395 g/mol. The zero-order valence-electron chi connectivity index (χ0n) is 17.9. The van der Waals surface area contributed by atoms with Gasteiger partial charge in [0.2, 0.25) is 0 Å². The normalized spacial score (nSPS) is 13.4. The number of carbonyl (C=O) groups is 2. The number of fused-ring (bicyclic) bond motifs is 5. The second-order valence-corrected chi connectivity index (χ2v) is 8.49. The van der Waals surface area contributed by atoms with Gasteiger partial charge in [0.05, 0.1) is 0 Å². The van der Waals surface area contributed by atoms with E-state index >= 15 is 0 Å². The summed E-state index contributed by atoms with van der Waals surface area (Å²) in [5, 5.41) is 2.22. The van der Waals surface area contributed by atoms with E-state index < -0.39 is 0 Å². The molecular weight excluding hydrogens is 370 g/mol. The van der Waals surface area contributed by atoms with Crippen LogP contribution >= 0.6 is 0 Å². The van der Waals surface area contributed by atoms with Gasteiger partial charge in [-0.25, -0.2) is 0 Å². The van der Waals surface area contributed by atoms with Crippen LogP contribution in [0.1, 0.15) is 61.9 Å². The molecule has 4 aromatic rings. The van der Waals surface area contributed by atoms with E-state index in [0.717, 1.165) is 62.6 Å². The van der Waals surface area contributed by atoms with Crippen molar-refractivity contribution in [2.45, 2.75) is 47.1 Å². The van der Waals surface area contributed by atoms with E-state index in [2.05, 4.69) is 42.7 Å². The van der Waals surface area contributed by atoms with Crippen LogP contribution in [0.3, 0.4) is 0 Å². The number of benzene rings is 3. The third-order valence-corrected chi connectivity index (χ3v) is 6.52. The van der Waals surface area contributed by atoms with Crippen molar-refractivity contribution in [1.82, 2.24) is 4.57 Å². The average molecular weight is 396 g/mol. The van der Waals surface area contributed by atoms with E-state index in [1.165, 1.54) is 5.56 Å². The van der Waals surface area contributed by atoms with Crippen molar-refractivity contribution in [1.29, 1.82) is 0 Å². The Hall–Kier alpha value is -3.20. The Labute approximate surface area is 176 Å². The van der Waals surface area contributed by atoms with Crippen LogP contribution in [0.15, 0.2) is 42.5 Å². The third kappa shape index (κ3) is 2.58. The summed E-state index contributed by atoms with van der Waals surface area (Å²) in [5.41, 5.74) is 8.95. The second kappa shape index (κ2) is 6.66. The van der Waals surface area contributed by atoms with Gasteiger partial charge >= 0.3 is 0 Å². The molecule has 0 aliphatic heterocycles. The Bertz CT molecular complexity index is 1360. The molecule has 0 spiro atoms. The molecule has 0 N–H and O–H groups in total. The van der Waals surface area contributed by atoms with Crippen molar-refractivity contribution in [2.75, 3.05) is 0 Å². The van der Waals surface area contributed by atoms with E-state index in [-0.39, 0.29) is 11.6 Å². The van der Waals surface area contributed by atoms with Crippen LogP contribution in [0.5, 0.6) is 0 Å². The highest BCUT2D eigenvalue weighted by Gasteiger charge is 2.25. The number of aryl methyl sites for hydroxylation is 5. The van der Waals surface area contributed by atoms with Crippen LogP contribution in [0.25, 0.3) is 21.8 Å². The molecule has 30 heavy (non-hydrogen) atoms. The fourth-order valence-corrected chi connectivity index (χ4v) is 5.32. The maximum Gasteiger partial charge on any atom is 0.193 e. The Morgan fingerprint density at radius 1 is 0.933 bits per heavy atom. The van der Waals surface area contributed by atoms with Gasteiger partial charge in [-0.2, -0.15) is 0 Å². The van der Waals surface area contributed by atoms with Crippen molar-refractivity contribution < 1.29 is 9.59 Å². The number of ketones is 2. The summed E-state index contributed by atoms with van der Waals surface area (Å²) in [6.07, 6.45) is 1.36. The maximum absolute atomic E-state index is 13.5. The molecule has 0 unspecified atom stereocenters. The highest BCUT2D eigenvalue weighted by Crippen LogP contribution is 2.37. The van der Waals surface area contributed by atoms with E-state index in [4.69, 9.17) is 0 Å². The van der Waals surface area contributed by atoms with Gasteiger partial charge in [0.1, 0.15) is 0 Å². The van der Waals surface area contributed by atoms with Crippen LogP contribution in [0.2, 0.25) is 0 Å². The summed E-state index contributed by atoms with van der Waals surface area (Å²) in [6, 6.07) is 14.2. The first-order chi connectivity index (χ1) is 14.4. The van der Waals surface area contributed by atoms with Crippen LogP contribution in [-0.2, 0) is 13.0 Å². The summed E-state index contributed by atoms with van der Waals surface area (Å²) >= 11 is 0. The van der Waals surface area contributed by atoms with Crippen molar-refractivity contribution in [3.05, 3.63) is 81.4 Å². The van der Waals surface area contributed by atoms with Gasteiger partial charge in [0.15, 0.2) is 11.6 Å². The van der Waals surface area contributed by atoms with Crippen LogP contribution in [0, 0.1) is 20.8 Å². The van der Waals surface area contributed by atoms with Crippen LogP contribution in [-0.4, -0.2) is 16.1 Å². The van der Waals surface area contributed by atoms with Gasteiger partial charge in [-0.05, 0) is 81.1 Å². The van der Waals surface area contributed by atoms with Crippen LogP contribution in [0.4, 0.5) is 0 Å². The largest absolute Gasteiger partial charge is 0.341 e. The molecule has 0 saturated carbocycles. The lowest BCUT2D eigenvalue weighted by molar-refractivity contribution is 0.0993. The van der Waals surface area contributed by atoms with Crippen LogP contribution < -0.4 is 0 Å². The standard InChI is InChI=1S/C27H25NO2/c1-5-28-22-9-6-18(27(30)25-16(3)12-15(2)13-17(25)4)14-21(22)26-20-8-11-24(29)19(20)7-10-23(26)28/h6-7,9-10,12-14H,5,8,11H2,1-4H3. The highest BCUT2D eigenvalue weighted by molar-refractivity contribution is 6.18. The molecule has 1 heterocycles. The number of carbonyl (C=O) groups excluding carboxylic acids is 2. The molecule has 1 aromatic heterocycles. The van der Waals surface area contributed by atoms with E-state index in [1.807, 2.05) is 32.0 Å². The lowest BCUT2D eigenvalue weighted by atomic mass is 9.92. The van der Waals surface area contributed by atoms with Gasteiger partial charge in [-0.1, -0.05) is 17.7 Å². The zero-order valence-corrected chi connectivity index (χ0v) is 17.9. The summed E-state index contributed by atoms with van der Waals surface area (Å²) in [4.78, 5) is 25.8. The first-order valence-electron chi connectivity index (χ1n) is 10.6. The lowest BCUT2D eigenvalue weighted by Crippen LogP contribution is -2.07. The predicted octanol–water partition coefficient (Wildman–Crippen LogP) is 6.10.